The number of aromatic amines is 1. The summed E-state index contributed by atoms with van der Waals surface area (Å²) in [5.41, 5.74) is 4.74. The van der Waals surface area contributed by atoms with Gasteiger partial charge in [0.05, 0.1) is 6.04 Å². The van der Waals surface area contributed by atoms with E-state index in [1.807, 2.05) is 6.20 Å². The molecule has 2 aliphatic heterocycles. The van der Waals surface area contributed by atoms with Crippen molar-refractivity contribution >= 4 is 12.1 Å². The maximum Gasteiger partial charge on any atom is 0.293 e. The molecule has 0 aliphatic carbocycles. The molecular weight excluding hydrogens is 226 g/mol. The molecule has 2 aliphatic rings. The van der Waals surface area contributed by atoms with Crippen molar-refractivity contribution in [3.8, 4) is 0 Å². The van der Waals surface area contributed by atoms with Crippen LogP contribution >= 0.6 is 0 Å². The quantitative estimate of drug-likeness (QED) is 0.789. The Balaban J connectivity index is 2.03. The zero-order chi connectivity index (χ0) is 12.9. The van der Waals surface area contributed by atoms with Crippen LogP contribution in [0.15, 0.2) is 35.5 Å². The zero-order valence-corrected chi connectivity index (χ0v) is 10.3. The van der Waals surface area contributed by atoms with E-state index in [0.29, 0.717) is 12.1 Å². The molecule has 1 fully saturated rings. The highest BCUT2D eigenvalue weighted by Gasteiger charge is 2.32. The minimum Gasteiger partial charge on any atom is -0.357 e. The normalized spacial score (nSPS) is 26.8. The topological polar surface area (TPSA) is 57.2 Å². The Morgan fingerprint density at radius 2 is 2.17 bits per heavy atom. The van der Waals surface area contributed by atoms with Crippen LogP contribution in [-0.2, 0) is 6.42 Å². The summed E-state index contributed by atoms with van der Waals surface area (Å²) < 4.78 is 0. The Labute approximate surface area is 106 Å². The standard InChI is InChI=1S/C14H15N3O/c1-7-8(2)12(17-9(7)3)11-6-16-13-10(11)4-5-15-14(13)18/h5-6,9,12,16-17H,1-2,4H2,3H3/t9-,12?/m1/s1. The Hall–Kier alpha value is -1.94. The van der Waals surface area contributed by atoms with Gasteiger partial charge in [-0.1, -0.05) is 13.2 Å². The molecule has 0 aromatic carbocycles. The average Bonchev–Trinajstić information content (AvgIpc) is 2.88. The van der Waals surface area contributed by atoms with Crippen molar-refractivity contribution in [1.82, 2.24) is 10.3 Å². The van der Waals surface area contributed by atoms with Gasteiger partial charge in [0, 0.05) is 24.9 Å². The van der Waals surface area contributed by atoms with Crippen molar-refractivity contribution in [2.75, 3.05) is 0 Å². The summed E-state index contributed by atoms with van der Waals surface area (Å²) in [6, 6.07) is 0.271. The number of H-pyrrole nitrogens is 1. The maximum absolute atomic E-state index is 11.6. The summed E-state index contributed by atoms with van der Waals surface area (Å²) >= 11 is 0. The van der Waals surface area contributed by atoms with E-state index < -0.39 is 0 Å². The fourth-order valence-corrected chi connectivity index (χ4v) is 2.61. The third kappa shape index (κ3) is 1.42. The van der Waals surface area contributed by atoms with Crippen molar-refractivity contribution in [1.29, 1.82) is 0 Å². The van der Waals surface area contributed by atoms with Crippen molar-refractivity contribution in [3.05, 3.63) is 47.3 Å². The number of rotatable bonds is 1. The number of nitrogens with zero attached hydrogens (tertiary/aromatic N) is 1. The molecule has 3 heterocycles. The average molecular weight is 241 g/mol. The fraction of sp³-hybridized carbons (Fsp3) is 0.286. The molecule has 0 saturated carbocycles. The molecule has 4 nitrogen and oxygen atoms in total. The predicted molar refractivity (Wildman–Crippen MR) is 70.9 cm³/mol. The second-order valence-electron chi connectivity index (χ2n) is 4.79. The second-order valence-corrected chi connectivity index (χ2v) is 4.79. The van der Waals surface area contributed by atoms with Gasteiger partial charge in [0.2, 0.25) is 0 Å². The Bertz CT molecular complexity index is 594. The SMILES string of the molecule is C=C1C(=C)[C@@H](C)NC1c1c[nH]c2c1CC=NC2=O. The third-order valence-electron chi connectivity index (χ3n) is 3.75. The summed E-state index contributed by atoms with van der Waals surface area (Å²) in [7, 11) is 0. The van der Waals surface area contributed by atoms with Crippen LogP contribution in [0.1, 0.15) is 34.6 Å². The van der Waals surface area contributed by atoms with Gasteiger partial charge >= 0.3 is 0 Å². The molecule has 1 saturated heterocycles. The first kappa shape index (κ1) is 11.2. The van der Waals surface area contributed by atoms with E-state index in [1.165, 1.54) is 0 Å². The summed E-state index contributed by atoms with van der Waals surface area (Å²) in [5.74, 6) is -0.196. The van der Waals surface area contributed by atoms with Crippen LogP contribution in [0.4, 0.5) is 0 Å². The highest BCUT2D eigenvalue weighted by Crippen LogP contribution is 2.37. The Morgan fingerprint density at radius 1 is 1.39 bits per heavy atom. The molecule has 1 amide bonds. The van der Waals surface area contributed by atoms with Crippen LogP contribution < -0.4 is 5.32 Å². The molecule has 3 rings (SSSR count). The van der Waals surface area contributed by atoms with Gasteiger partial charge in [0.1, 0.15) is 5.69 Å². The highest BCUT2D eigenvalue weighted by atomic mass is 16.1. The fourth-order valence-electron chi connectivity index (χ4n) is 2.61. The highest BCUT2D eigenvalue weighted by molar-refractivity contribution is 6.02. The smallest absolute Gasteiger partial charge is 0.293 e. The molecule has 1 aromatic rings. The second kappa shape index (κ2) is 3.78. The zero-order valence-electron chi connectivity index (χ0n) is 10.3. The van der Waals surface area contributed by atoms with Gasteiger partial charge in [-0.25, -0.2) is 4.99 Å². The van der Waals surface area contributed by atoms with E-state index in [1.54, 1.807) is 6.21 Å². The van der Waals surface area contributed by atoms with Crippen molar-refractivity contribution in [2.45, 2.75) is 25.4 Å². The largest absolute Gasteiger partial charge is 0.357 e. The summed E-state index contributed by atoms with van der Waals surface area (Å²) in [6.07, 6.45) is 4.23. The van der Waals surface area contributed by atoms with Crippen LogP contribution in [0.25, 0.3) is 0 Å². The van der Waals surface area contributed by atoms with E-state index in [-0.39, 0.29) is 18.0 Å². The number of hydrogen-bond acceptors (Lipinski definition) is 2. The van der Waals surface area contributed by atoms with E-state index in [2.05, 4.69) is 35.4 Å². The lowest BCUT2D eigenvalue weighted by atomic mass is 9.95. The number of aromatic nitrogens is 1. The lowest BCUT2D eigenvalue weighted by Crippen LogP contribution is -2.22. The molecule has 4 heteroatoms. The van der Waals surface area contributed by atoms with Crippen molar-refractivity contribution in [3.63, 3.8) is 0 Å². The van der Waals surface area contributed by atoms with Gasteiger partial charge in [-0.05, 0) is 29.2 Å². The van der Waals surface area contributed by atoms with Crippen LogP contribution in [0.5, 0.6) is 0 Å². The van der Waals surface area contributed by atoms with Gasteiger partial charge in [0.15, 0.2) is 0 Å². The first-order chi connectivity index (χ1) is 8.59. The van der Waals surface area contributed by atoms with Gasteiger partial charge in [-0.15, -0.1) is 0 Å². The summed E-state index contributed by atoms with van der Waals surface area (Å²) in [4.78, 5) is 18.5. The van der Waals surface area contributed by atoms with Gasteiger partial charge in [-0.3, -0.25) is 10.1 Å². The number of carbonyl (C=O) groups is 1. The molecule has 2 N–H and O–H groups in total. The van der Waals surface area contributed by atoms with Crippen molar-refractivity contribution in [2.24, 2.45) is 4.99 Å². The first-order valence-corrected chi connectivity index (χ1v) is 6.00. The van der Waals surface area contributed by atoms with Crippen LogP contribution in [0.2, 0.25) is 0 Å². The molecular formula is C14H15N3O. The number of amides is 1. The van der Waals surface area contributed by atoms with Gasteiger partial charge < -0.3 is 4.98 Å². The van der Waals surface area contributed by atoms with Crippen LogP contribution in [0, 0.1) is 0 Å². The number of fused-ring (bicyclic) bond motifs is 1. The number of hydrogen-bond donors (Lipinski definition) is 2. The molecule has 18 heavy (non-hydrogen) atoms. The molecule has 0 radical (unpaired) electrons. The van der Waals surface area contributed by atoms with E-state index in [0.717, 1.165) is 22.3 Å². The van der Waals surface area contributed by atoms with Gasteiger partial charge in [0.25, 0.3) is 5.91 Å². The Kier molecular flexibility index (Phi) is 2.35. The summed E-state index contributed by atoms with van der Waals surface area (Å²) in [6.45, 7) is 10.2. The summed E-state index contributed by atoms with van der Waals surface area (Å²) in [5, 5.41) is 3.45. The molecule has 92 valence electrons. The minimum atomic E-state index is -0.196. The number of carbonyl (C=O) groups excluding carboxylic acids is 1. The maximum atomic E-state index is 11.6. The number of nitrogens with one attached hydrogen (secondary N) is 2. The van der Waals surface area contributed by atoms with Crippen LogP contribution in [0.3, 0.4) is 0 Å². The molecule has 0 bridgehead atoms. The monoisotopic (exact) mass is 241 g/mol. The van der Waals surface area contributed by atoms with E-state index >= 15 is 0 Å². The first-order valence-electron chi connectivity index (χ1n) is 6.00. The molecule has 0 spiro atoms. The minimum absolute atomic E-state index is 0.0480. The lowest BCUT2D eigenvalue weighted by Gasteiger charge is -2.14. The molecule has 1 aromatic heterocycles. The van der Waals surface area contributed by atoms with E-state index in [4.69, 9.17) is 0 Å². The lowest BCUT2D eigenvalue weighted by molar-refractivity contribution is 0.0996. The number of aliphatic imine (C=N–C) groups is 1. The van der Waals surface area contributed by atoms with Crippen molar-refractivity contribution < 1.29 is 4.79 Å². The van der Waals surface area contributed by atoms with Crippen LogP contribution in [-0.4, -0.2) is 23.1 Å². The molecule has 1 unspecified atom stereocenters. The Morgan fingerprint density at radius 3 is 2.83 bits per heavy atom. The third-order valence-corrected chi connectivity index (χ3v) is 3.75. The van der Waals surface area contributed by atoms with Gasteiger partial charge in [-0.2, -0.15) is 0 Å². The van der Waals surface area contributed by atoms with E-state index in [9.17, 15) is 4.79 Å². The molecule has 2 atom stereocenters. The predicted octanol–water partition coefficient (Wildman–Crippen LogP) is 1.93.